The zero-order valence-electron chi connectivity index (χ0n) is 9.22. The number of benzene rings is 1. The molecule has 0 aliphatic rings. The summed E-state index contributed by atoms with van der Waals surface area (Å²) < 4.78 is 26.3. The van der Waals surface area contributed by atoms with Gasteiger partial charge < -0.3 is 9.88 Å². The van der Waals surface area contributed by atoms with Crippen molar-refractivity contribution in [2.45, 2.75) is 6.42 Å². The van der Waals surface area contributed by atoms with Crippen LogP contribution in [0.2, 0.25) is 0 Å². The molecule has 0 aliphatic carbocycles. The molecule has 0 fully saturated rings. The number of hydrogen-bond acceptors (Lipinski definition) is 2. The lowest BCUT2D eigenvalue weighted by Crippen LogP contribution is -2.15. The third kappa shape index (κ3) is 2.04. The average Bonchev–Trinajstić information content (AvgIpc) is 2.64. The predicted molar refractivity (Wildman–Crippen MR) is 58.3 cm³/mol. The van der Waals surface area contributed by atoms with E-state index in [9.17, 15) is 8.78 Å². The molecule has 16 heavy (non-hydrogen) atoms. The van der Waals surface area contributed by atoms with Crippen molar-refractivity contribution in [3.05, 3.63) is 29.6 Å². The molecule has 2 aromatic rings. The van der Waals surface area contributed by atoms with Gasteiger partial charge in [-0.05, 0) is 26.2 Å². The summed E-state index contributed by atoms with van der Waals surface area (Å²) in [6, 6.07) is 2.60. The lowest BCUT2D eigenvalue weighted by molar-refractivity contribution is 0.410. The highest BCUT2D eigenvalue weighted by Gasteiger charge is 2.11. The number of aromatic nitrogens is 2. The summed E-state index contributed by atoms with van der Waals surface area (Å²) in [5.74, 6) is -1.07. The van der Waals surface area contributed by atoms with Crippen molar-refractivity contribution in [3.8, 4) is 0 Å². The number of nitrogens with zero attached hydrogens (tertiary/aromatic N) is 2. The molecular formula is C11H13F2N3. The van der Waals surface area contributed by atoms with E-state index >= 15 is 0 Å². The molecule has 0 atom stereocenters. The van der Waals surface area contributed by atoms with Gasteiger partial charge >= 0.3 is 0 Å². The molecule has 1 N–H and O–H groups in total. The highest BCUT2D eigenvalue weighted by Crippen LogP contribution is 2.18. The Morgan fingerprint density at radius 1 is 1.31 bits per heavy atom. The van der Waals surface area contributed by atoms with Gasteiger partial charge in [0.25, 0.3) is 0 Å². The molecule has 2 rings (SSSR count). The van der Waals surface area contributed by atoms with Crippen LogP contribution in [0.1, 0.15) is 5.82 Å². The Hall–Kier alpha value is -1.49. The van der Waals surface area contributed by atoms with Crippen LogP contribution in [0.5, 0.6) is 0 Å². The predicted octanol–water partition coefficient (Wildman–Crippen LogP) is 1.95. The maximum atomic E-state index is 13.3. The summed E-state index contributed by atoms with van der Waals surface area (Å²) in [5.41, 5.74) is 0.612. The van der Waals surface area contributed by atoms with E-state index in [1.165, 1.54) is 6.07 Å². The van der Waals surface area contributed by atoms with Crippen molar-refractivity contribution in [3.63, 3.8) is 0 Å². The quantitative estimate of drug-likeness (QED) is 0.865. The highest BCUT2D eigenvalue weighted by molar-refractivity contribution is 5.75. The van der Waals surface area contributed by atoms with Crippen LogP contribution in [0.15, 0.2) is 12.1 Å². The Kier molecular flexibility index (Phi) is 2.87. The van der Waals surface area contributed by atoms with E-state index in [2.05, 4.69) is 9.97 Å². The van der Waals surface area contributed by atoms with Crippen molar-refractivity contribution in [1.82, 2.24) is 14.9 Å². The first kappa shape index (κ1) is 11.0. The standard InChI is InChI=1S/C11H13F2N3/c1-16(2)6-5-9-14-8-4-3-7(12)10(13)11(8)15-9/h3-4H,5-6H2,1-2H3,(H,14,15). The summed E-state index contributed by atoms with van der Waals surface area (Å²) in [4.78, 5) is 9.03. The fraction of sp³-hybridized carbons (Fsp3) is 0.364. The molecule has 0 saturated heterocycles. The minimum atomic E-state index is -0.884. The van der Waals surface area contributed by atoms with E-state index in [1.54, 1.807) is 0 Å². The maximum absolute atomic E-state index is 13.3. The van der Waals surface area contributed by atoms with Crippen LogP contribution >= 0.6 is 0 Å². The van der Waals surface area contributed by atoms with Crippen LogP contribution in [-0.4, -0.2) is 35.5 Å². The fourth-order valence-electron chi connectivity index (χ4n) is 1.52. The molecule has 0 aliphatic heterocycles. The molecule has 86 valence electrons. The molecule has 0 bridgehead atoms. The summed E-state index contributed by atoms with van der Waals surface area (Å²) in [7, 11) is 3.89. The molecule has 0 radical (unpaired) electrons. The number of nitrogens with one attached hydrogen (secondary N) is 1. The summed E-state index contributed by atoms with van der Waals surface area (Å²) in [6.07, 6.45) is 0.683. The first-order chi connectivity index (χ1) is 7.58. The molecule has 3 nitrogen and oxygen atoms in total. The number of aromatic amines is 1. The Labute approximate surface area is 92.1 Å². The van der Waals surface area contributed by atoms with E-state index in [4.69, 9.17) is 0 Å². The van der Waals surface area contributed by atoms with Crippen molar-refractivity contribution in [1.29, 1.82) is 0 Å². The van der Waals surface area contributed by atoms with Gasteiger partial charge in [-0.2, -0.15) is 0 Å². The second-order valence-corrected chi connectivity index (χ2v) is 3.99. The molecular weight excluding hydrogens is 212 g/mol. The summed E-state index contributed by atoms with van der Waals surface area (Å²) in [6.45, 7) is 0.809. The Morgan fingerprint density at radius 2 is 2.06 bits per heavy atom. The van der Waals surface area contributed by atoms with Crippen molar-refractivity contribution in [2.75, 3.05) is 20.6 Å². The van der Waals surface area contributed by atoms with Crippen LogP contribution in [0, 0.1) is 11.6 Å². The molecule has 1 aromatic carbocycles. The molecule has 0 spiro atoms. The van der Waals surface area contributed by atoms with Gasteiger partial charge in [-0.25, -0.2) is 13.8 Å². The van der Waals surface area contributed by atoms with E-state index in [0.717, 1.165) is 12.6 Å². The lowest BCUT2D eigenvalue weighted by atomic mass is 10.3. The van der Waals surface area contributed by atoms with E-state index in [1.807, 2.05) is 19.0 Å². The van der Waals surface area contributed by atoms with Gasteiger partial charge in [0.1, 0.15) is 11.3 Å². The van der Waals surface area contributed by atoms with Gasteiger partial charge in [-0.3, -0.25) is 0 Å². The van der Waals surface area contributed by atoms with Crippen LogP contribution in [0.4, 0.5) is 8.78 Å². The molecule has 0 saturated carbocycles. The minimum Gasteiger partial charge on any atom is -0.342 e. The Balaban J connectivity index is 2.33. The fourth-order valence-corrected chi connectivity index (χ4v) is 1.52. The number of fused-ring (bicyclic) bond motifs is 1. The number of likely N-dealkylation sites (N-methyl/N-ethyl adjacent to an activating group) is 1. The Bertz CT molecular complexity index is 505. The van der Waals surface area contributed by atoms with Gasteiger partial charge in [-0.1, -0.05) is 0 Å². The zero-order chi connectivity index (χ0) is 11.7. The zero-order valence-corrected chi connectivity index (χ0v) is 9.22. The lowest BCUT2D eigenvalue weighted by Gasteiger charge is -2.06. The largest absolute Gasteiger partial charge is 0.342 e. The average molecular weight is 225 g/mol. The van der Waals surface area contributed by atoms with Crippen molar-refractivity contribution >= 4 is 11.0 Å². The van der Waals surface area contributed by atoms with E-state index in [-0.39, 0.29) is 5.52 Å². The number of rotatable bonds is 3. The van der Waals surface area contributed by atoms with E-state index < -0.39 is 11.6 Å². The van der Waals surface area contributed by atoms with Crippen LogP contribution in [0.3, 0.4) is 0 Å². The molecule has 5 heteroatoms. The van der Waals surface area contributed by atoms with Gasteiger partial charge in [0.05, 0.1) is 5.52 Å². The topological polar surface area (TPSA) is 31.9 Å². The van der Waals surface area contributed by atoms with Gasteiger partial charge in [0, 0.05) is 13.0 Å². The molecule has 0 unspecified atom stereocenters. The smallest absolute Gasteiger partial charge is 0.186 e. The normalized spacial score (nSPS) is 11.6. The monoisotopic (exact) mass is 225 g/mol. The van der Waals surface area contributed by atoms with Crippen LogP contribution in [-0.2, 0) is 6.42 Å². The third-order valence-corrected chi connectivity index (χ3v) is 2.39. The first-order valence-electron chi connectivity index (χ1n) is 5.05. The van der Waals surface area contributed by atoms with Crippen molar-refractivity contribution < 1.29 is 8.78 Å². The molecule has 1 heterocycles. The Morgan fingerprint density at radius 3 is 2.75 bits per heavy atom. The van der Waals surface area contributed by atoms with Gasteiger partial charge in [0.2, 0.25) is 0 Å². The molecule has 1 aromatic heterocycles. The SMILES string of the molecule is CN(C)CCc1nc2c(F)c(F)ccc2[nH]1. The number of H-pyrrole nitrogens is 1. The third-order valence-electron chi connectivity index (χ3n) is 2.39. The van der Waals surface area contributed by atoms with Crippen LogP contribution in [0.25, 0.3) is 11.0 Å². The number of imidazole rings is 1. The minimum absolute atomic E-state index is 0.0776. The second kappa shape index (κ2) is 4.17. The second-order valence-electron chi connectivity index (χ2n) is 3.99. The van der Waals surface area contributed by atoms with E-state index in [0.29, 0.717) is 17.8 Å². The maximum Gasteiger partial charge on any atom is 0.186 e. The van der Waals surface area contributed by atoms with Crippen LogP contribution < -0.4 is 0 Å². The molecule has 0 amide bonds. The van der Waals surface area contributed by atoms with Crippen molar-refractivity contribution in [2.24, 2.45) is 0 Å². The summed E-state index contributed by atoms with van der Waals surface area (Å²) >= 11 is 0. The van der Waals surface area contributed by atoms with Gasteiger partial charge in [0.15, 0.2) is 11.6 Å². The van der Waals surface area contributed by atoms with Gasteiger partial charge in [-0.15, -0.1) is 0 Å². The summed E-state index contributed by atoms with van der Waals surface area (Å²) in [5, 5.41) is 0. The number of halogens is 2. The first-order valence-corrected chi connectivity index (χ1v) is 5.05. The number of hydrogen-bond donors (Lipinski definition) is 1. The highest BCUT2D eigenvalue weighted by atomic mass is 19.2.